The Kier molecular flexibility index (Phi) is 8.16. The van der Waals surface area contributed by atoms with E-state index in [4.69, 9.17) is 8.83 Å². The molecular weight excluding hydrogens is 242 g/mol. The van der Waals surface area contributed by atoms with E-state index in [9.17, 15) is 4.79 Å². The van der Waals surface area contributed by atoms with Gasteiger partial charge in [-0.05, 0) is 6.42 Å². The Hall–Kier alpha value is -1.29. The van der Waals surface area contributed by atoms with E-state index in [0.29, 0.717) is 18.1 Å². The molecule has 4 heteroatoms. The second kappa shape index (κ2) is 8.75. The fraction of sp³-hybridized carbons (Fsp3) is 0.667. The van der Waals surface area contributed by atoms with Crippen molar-refractivity contribution in [2.24, 2.45) is 0 Å². The van der Waals surface area contributed by atoms with Crippen LogP contribution in [0.15, 0.2) is 25.8 Å². The van der Waals surface area contributed by atoms with Gasteiger partial charge in [-0.1, -0.05) is 53.7 Å². The normalized spacial score (nSPS) is 11.5. The van der Waals surface area contributed by atoms with Gasteiger partial charge in [-0.25, -0.2) is 4.79 Å². The van der Waals surface area contributed by atoms with Crippen LogP contribution in [0.4, 0.5) is 0 Å². The third-order valence-electron chi connectivity index (χ3n) is 2.28. The first-order chi connectivity index (χ1) is 8.95. The zero-order valence-corrected chi connectivity index (χ0v) is 13.0. The van der Waals surface area contributed by atoms with Crippen molar-refractivity contribution in [3.05, 3.63) is 34.3 Å². The smallest absolute Gasteiger partial charge is 0.395 e. The van der Waals surface area contributed by atoms with E-state index in [1.165, 1.54) is 0 Å². The van der Waals surface area contributed by atoms with E-state index in [-0.39, 0.29) is 5.41 Å². The minimum Gasteiger partial charge on any atom is -0.395 e. The molecular formula is C15H27NO3. The van der Waals surface area contributed by atoms with Crippen LogP contribution >= 0.6 is 0 Å². The highest BCUT2D eigenvalue weighted by atomic mass is 16.6. The Bertz CT molecular complexity index is 421. The maximum atomic E-state index is 11.1. The summed E-state index contributed by atoms with van der Waals surface area (Å²) in [4.78, 5) is 11.1. The molecule has 1 aromatic rings. The largest absolute Gasteiger partial charge is 0.519 e. The van der Waals surface area contributed by atoms with Gasteiger partial charge in [-0.15, -0.1) is 0 Å². The molecule has 0 bridgehead atoms. The van der Waals surface area contributed by atoms with Crippen LogP contribution in [-0.4, -0.2) is 6.54 Å². The van der Waals surface area contributed by atoms with Crippen molar-refractivity contribution in [3.8, 4) is 0 Å². The maximum absolute atomic E-state index is 11.1. The zero-order chi connectivity index (χ0) is 14.9. The van der Waals surface area contributed by atoms with Gasteiger partial charge in [0, 0.05) is 12.0 Å². The van der Waals surface area contributed by atoms with Crippen molar-refractivity contribution in [2.75, 3.05) is 6.54 Å². The lowest BCUT2D eigenvalue weighted by Crippen LogP contribution is -2.18. The standard InChI is InChI=1S/C13H21NO3.C2H6/c1-5-6-7-8-14-9-10-11(13(2,3)4)17-12(15)16-10;1-2/h6-7,14H,5,8-9H2,1-4H3;1-2H3/b7-6-;. The first-order valence-electron chi connectivity index (χ1n) is 6.94. The summed E-state index contributed by atoms with van der Waals surface area (Å²) in [5.41, 5.74) is -0.220. The van der Waals surface area contributed by atoms with Gasteiger partial charge in [0.25, 0.3) is 0 Å². The summed E-state index contributed by atoms with van der Waals surface area (Å²) in [5.74, 6) is 0.581. The van der Waals surface area contributed by atoms with E-state index < -0.39 is 5.82 Å². The van der Waals surface area contributed by atoms with Crippen LogP contribution in [-0.2, 0) is 12.0 Å². The van der Waals surface area contributed by atoms with Gasteiger partial charge in [0.05, 0.1) is 6.54 Å². The van der Waals surface area contributed by atoms with Crippen molar-refractivity contribution in [3.63, 3.8) is 0 Å². The summed E-state index contributed by atoms with van der Waals surface area (Å²) in [6.45, 7) is 13.3. The molecule has 110 valence electrons. The van der Waals surface area contributed by atoms with Gasteiger partial charge >= 0.3 is 5.82 Å². The minimum absolute atomic E-state index is 0.220. The monoisotopic (exact) mass is 269 g/mol. The molecule has 0 aliphatic carbocycles. The van der Waals surface area contributed by atoms with Crippen LogP contribution in [0.3, 0.4) is 0 Å². The minimum atomic E-state index is -0.629. The van der Waals surface area contributed by atoms with Crippen molar-refractivity contribution in [2.45, 2.75) is 59.9 Å². The quantitative estimate of drug-likeness (QED) is 0.655. The Morgan fingerprint density at radius 2 is 1.79 bits per heavy atom. The third-order valence-corrected chi connectivity index (χ3v) is 2.28. The van der Waals surface area contributed by atoms with Crippen molar-refractivity contribution in [1.82, 2.24) is 5.32 Å². The van der Waals surface area contributed by atoms with Crippen molar-refractivity contribution >= 4 is 0 Å². The molecule has 0 aliphatic heterocycles. The predicted molar refractivity (Wildman–Crippen MR) is 78.4 cm³/mol. The number of rotatable bonds is 5. The molecule has 4 nitrogen and oxygen atoms in total. The average molecular weight is 269 g/mol. The van der Waals surface area contributed by atoms with E-state index >= 15 is 0 Å². The Labute approximate surface area is 115 Å². The molecule has 0 saturated carbocycles. The summed E-state index contributed by atoms with van der Waals surface area (Å²) in [7, 11) is 0. The number of hydrogen-bond acceptors (Lipinski definition) is 4. The topological polar surface area (TPSA) is 55.4 Å². The van der Waals surface area contributed by atoms with Crippen molar-refractivity contribution in [1.29, 1.82) is 0 Å². The van der Waals surface area contributed by atoms with E-state index in [0.717, 1.165) is 13.0 Å². The summed E-state index contributed by atoms with van der Waals surface area (Å²) >= 11 is 0. The highest BCUT2D eigenvalue weighted by Crippen LogP contribution is 2.24. The van der Waals surface area contributed by atoms with Crippen LogP contribution in [0.25, 0.3) is 0 Å². The van der Waals surface area contributed by atoms with Crippen LogP contribution in [0.5, 0.6) is 0 Å². The van der Waals surface area contributed by atoms with Gasteiger partial charge in [-0.3, -0.25) is 0 Å². The van der Waals surface area contributed by atoms with Gasteiger partial charge in [0.15, 0.2) is 11.5 Å². The molecule has 0 fully saturated rings. The average Bonchev–Trinajstić information content (AvgIpc) is 2.73. The molecule has 0 unspecified atom stereocenters. The molecule has 1 aromatic heterocycles. The van der Waals surface area contributed by atoms with Gasteiger partial charge in [-0.2, -0.15) is 0 Å². The number of nitrogens with one attached hydrogen (secondary N) is 1. The molecule has 19 heavy (non-hydrogen) atoms. The summed E-state index contributed by atoms with van der Waals surface area (Å²) < 4.78 is 10.1. The summed E-state index contributed by atoms with van der Waals surface area (Å²) in [6, 6.07) is 0. The lowest BCUT2D eigenvalue weighted by Gasteiger charge is -2.14. The molecule has 0 atom stereocenters. The van der Waals surface area contributed by atoms with Crippen LogP contribution in [0.2, 0.25) is 0 Å². The van der Waals surface area contributed by atoms with Crippen LogP contribution in [0.1, 0.15) is 59.5 Å². The Morgan fingerprint density at radius 1 is 1.16 bits per heavy atom. The molecule has 1 heterocycles. The Balaban J connectivity index is 0.00000154. The number of hydrogen-bond donors (Lipinski definition) is 1. The second-order valence-corrected chi connectivity index (χ2v) is 4.97. The molecule has 0 radical (unpaired) electrons. The molecule has 0 aliphatic rings. The highest BCUT2D eigenvalue weighted by molar-refractivity contribution is 5.13. The molecule has 0 aromatic carbocycles. The van der Waals surface area contributed by atoms with Gasteiger partial charge in [0.1, 0.15) is 0 Å². The molecule has 0 amide bonds. The summed E-state index contributed by atoms with van der Waals surface area (Å²) in [6.07, 6.45) is 5.16. The van der Waals surface area contributed by atoms with E-state index in [1.54, 1.807) is 0 Å². The van der Waals surface area contributed by atoms with Crippen LogP contribution in [0, 0.1) is 0 Å². The van der Waals surface area contributed by atoms with Crippen molar-refractivity contribution < 1.29 is 8.83 Å². The SMILES string of the molecule is CC.CC/C=C\CNCc1oc(=O)oc1C(C)(C)C. The fourth-order valence-electron chi connectivity index (χ4n) is 1.51. The predicted octanol–water partition coefficient (Wildman–Crippen LogP) is 3.61. The van der Waals surface area contributed by atoms with Gasteiger partial charge in [0.2, 0.25) is 0 Å². The molecule has 1 N–H and O–H groups in total. The summed E-state index contributed by atoms with van der Waals surface area (Å²) in [5, 5.41) is 3.18. The van der Waals surface area contributed by atoms with Gasteiger partial charge < -0.3 is 14.2 Å². The third kappa shape index (κ3) is 6.43. The maximum Gasteiger partial charge on any atom is 0.519 e. The number of allylic oxidation sites excluding steroid dienone is 1. The van der Waals surface area contributed by atoms with E-state index in [1.807, 2.05) is 34.6 Å². The zero-order valence-electron chi connectivity index (χ0n) is 13.0. The fourth-order valence-corrected chi connectivity index (χ4v) is 1.51. The lowest BCUT2D eigenvalue weighted by molar-refractivity contribution is 0.343. The first kappa shape index (κ1) is 17.7. The molecule has 1 rings (SSSR count). The van der Waals surface area contributed by atoms with Crippen LogP contribution < -0.4 is 11.1 Å². The Morgan fingerprint density at radius 3 is 2.32 bits per heavy atom. The lowest BCUT2D eigenvalue weighted by atomic mass is 9.92. The van der Waals surface area contributed by atoms with E-state index in [2.05, 4.69) is 24.4 Å². The second-order valence-electron chi connectivity index (χ2n) is 4.97. The highest BCUT2D eigenvalue weighted by Gasteiger charge is 2.25. The molecule has 0 spiro atoms. The first-order valence-corrected chi connectivity index (χ1v) is 6.94. The molecule has 0 saturated heterocycles.